The Kier molecular flexibility index (Phi) is 5.34. The number of benzene rings is 1. The third-order valence-electron chi connectivity index (χ3n) is 4.44. The Morgan fingerprint density at radius 1 is 1.35 bits per heavy atom. The van der Waals surface area contributed by atoms with Gasteiger partial charge in [0.1, 0.15) is 17.3 Å². The van der Waals surface area contributed by atoms with Crippen LogP contribution in [0.1, 0.15) is 23.6 Å². The first-order valence-electron chi connectivity index (χ1n) is 7.55. The molecule has 1 atom stereocenters. The first-order chi connectivity index (χ1) is 10.9. The van der Waals surface area contributed by atoms with Gasteiger partial charge in [-0.05, 0) is 32.0 Å². The molecular weight excluding hydrogens is 294 g/mol. The van der Waals surface area contributed by atoms with Gasteiger partial charge in [0.15, 0.2) is 0 Å². The second kappa shape index (κ2) is 7.06. The van der Waals surface area contributed by atoms with Gasteiger partial charge < -0.3 is 19.7 Å². The number of methoxy groups -OCH3 is 2. The normalized spacial score (nSPS) is 18.5. The molecule has 0 unspecified atom stereocenters. The number of rotatable bonds is 5. The molecule has 0 amide bonds. The lowest BCUT2D eigenvalue weighted by atomic mass is 9.86. The average Bonchev–Trinajstić information content (AvgIpc) is 2.51. The van der Waals surface area contributed by atoms with Crippen LogP contribution in [0.4, 0.5) is 0 Å². The van der Waals surface area contributed by atoms with Crippen molar-refractivity contribution >= 4 is 0 Å². The van der Waals surface area contributed by atoms with Crippen LogP contribution in [-0.2, 0) is 19.6 Å². The van der Waals surface area contributed by atoms with E-state index in [0.717, 1.165) is 28.0 Å². The minimum atomic E-state index is -0.0819. The van der Waals surface area contributed by atoms with Crippen LogP contribution < -0.4 is 9.47 Å². The van der Waals surface area contributed by atoms with Crippen LogP contribution in [0.2, 0.25) is 0 Å². The summed E-state index contributed by atoms with van der Waals surface area (Å²) in [6.45, 7) is 6.12. The van der Waals surface area contributed by atoms with E-state index in [1.807, 2.05) is 20.0 Å². The Hall–Kier alpha value is -1.98. The monoisotopic (exact) mass is 319 g/mol. The molecule has 0 saturated heterocycles. The maximum absolute atomic E-state index is 9.80. The molecule has 5 nitrogen and oxygen atoms in total. The highest BCUT2D eigenvalue weighted by Gasteiger charge is 2.30. The fraction of sp³-hybridized carbons (Fsp3) is 0.444. The summed E-state index contributed by atoms with van der Waals surface area (Å²) >= 11 is 0. The van der Waals surface area contributed by atoms with Gasteiger partial charge >= 0.3 is 0 Å². The molecule has 1 aromatic rings. The molecule has 0 aliphatic carbocycles. The molecule has 0 saturated carbocycles. The van der Waals surface area contributed by atoms with Gasteiger partial charge in [-0.3, -0.25) is 4.90 Å². The molecule has 2 N–H and O–H groups in total. The van der Waals surface area contributed by atoms with E-state index in [1.165, 1.54) is 0 Å². The Balaban J connectivity index is 2.54. The fourth-order valence-corrected chi connectivity index (χ4v) is 3.31. The van der Waals surface area contributed by atoms with Gasteiger partial charge in [-0.15, -0.1) is 0 Å². The smallest absolute Gasteiger partial charge is 0.128 e. The van der Waals surface area contributed by atoms with Crippen LogP contribution in [0, 0.1) is 0 Å². The Bertz CT molecular complexity index is 636. The molecule has 1 aliphatic rings. The van der Waals surface area contributed by atoms with Crippen molar-refractivity contribution in [3.63, 3.8) is 0 Å². The molecule has 1 aliphatic heterocycles. The lowest BCUT2D eigenvalue weighted by molar-refractivity contribution is 0.230. The van der Waals surface area contributed by atoms with Crippen molar-refractivity contribution in [3.8, 4) is 11.5 Å². The van der Waals surface area contributed by atoms with Crippen molar-refractivity contribution in [2.45, 2.75) is 32.5 Å². The van der Waals surface area contributed by atoms with Crippen molar-refractivity contribution in [1.82, 2.24) is 4.90 Å². The molecule has 1 heterocycles. The number of likely N-dealkylation sites (N-methyl/N-ethyl adjacent to an activating group) is 1. The third kappa shape index (κ3) is 3.35. The zero-order valence-corrected chi connectivity index (χ0v) is 14.2. The summed E-state index contributed by atoms with van der Waals surface area (Å²) in [5.74, 6) is 1.46. The van der Waals surface area contributed by atoms with Crippen LogP contribution in [0.25, 0.3) is 0 Å². The minimum absolute atomic E-state index is 0.0484. The van der Waals surface area contributed by atoms with E-state index in [4.69, 9.17) is 9.47 Å². The van der Waals surface area contributed by atoms with Gasteiger partial charge in [-0.1, -0.05) is 12.2 Å². The Morgan fingerprint density at radius 2 is 2.00 bits per heavy atom. The van der Waals surface area contributed by atoms with E-state index in [9.17, 15) is 10.2 Å². The maximum Gasteiger partial charge on any atom is 0.128 e. The predicted octanol–water partition coefficient (Wildman–Crippen LogP) is 2.57. The molecule has 0 spiro atoms. The van der Waals surface area contributed by atoms with E-state index in [1.54, 1.807) is 20.3 Å². The predicted molar refractivity (Wildman–Crippen MR) is 90.0 cm³/mol. The van der Waals surface area contributed by atoms with Crippen molar-refractivity contribution in [2.75, 3.05) is 21.3 Å². The van der Waals surface area contributed by atoms with Crippen LogP contribution in [0.15, 0.2) is 30.1 Å². The van der Waals surface area contributed by atoms with E-state index in [2.05, 4.69) is 11.5 Å². The zero-order chi connectivity index (χ0) is 17.1. The molecule has 23 heavy (non-hydrogen) atoms. The van der Waals surface area contributed by atoms with Crippen LogP contribution in [-0.4, -0.2) is 42.4 Å². The Labute approximate surface area is 137 Å². The van der Waals surface area contributed by atoms with Crippen LogP contribution >= 0.6 is 0 Å². The van der Waals surface area contributed by atoms with Crippen molar-refractivity contribution < 1.29 is 19.7 Å². The third-order valence-corrected chi connectivity index (χ3v) is 4.44. The lowest BCUT2D eigenvalue weighted by Crippen LogP contribution is -2.39. The van der Waals surface area contributed by atoms with Crippen molar-refractivity contribution in [3.05, 3.63) is 46.7 Å². The van der Waals surface area contributed by atoms with Crippen LogP contribution in [0.5, 0.6) is 11.5 Å². The van der Waals surface area contributed by atoms with Gasteiger partial charge in [0.05, 0.1) is 20.8 Å². The molecule has 0 bridgehead atoms. The van der Waals surface area contributed by atoms with Gasteiger partial charge in [-0.2, -0.15) is 0 Å². The number of ether oxygens (including phenoxy) is 2. The SMILES string of the molecule is C=C(O)/C=C(\C)[C@@H]1Cc2c(CO)c(OC)cc(OC)c2CN1C. The summed E-state index contributed by atoms with van der Waals surface area (Å²) in [6.07, 6.45) is 2.40. The number of allylic oxidation sites excluding steroid dienone is 1. The van der Waals surface area contributed by atoms with Gasteiger partial charge in [0.25, 0.3) is 0 Å². The average molecular weight is 319 g/mol. The van der Waals surface area contributed by atoms with Crippen molar-refractivity contribution in [1.29, 1.82) is 0 Å². The second-order valence-electron chi connectivity index (χ2n) is 5.89. The molecule has 0 fully saturated rings. The molecule has 0 radical (unpaired) electrons. The summed E-state index contributed by atoms with van der Waals surface area (Å²) < 4.78 is 10.9. The van der Waals surface area contributed by atoms with E-state index in [0.29, 0.717) is 18.7 Å². The fourth-order valence-electron chi connectivity index (χ4n) is 3.31. The summed E-state index contributed by atoms with van der Waals surface area (Å²) in [4.78, 5) is 2.20. The number of fused-ring (bicyclic) bond motifs is 1. The van der Waals surface area contributed by atoms with Gasteiger partial charge in [0.2, 0.25) is 0 Å². The summed E-state index contributed by atoms with van der Waals surface area (Å²) in [6, 6.07) is 1.95. The molecule has 5 heteroatoms. The zero-order valence-electron chi connectivity index (χ0n) is 14.2. The van der Waals surface area contributed by atoms with Gasteiger partial charge in [0, 0.05) is 29.8 Å². The highest BCUT2D eigenvalue weighted by atomic mass is 16.5. The molecular formula is C18H25NO4. The quantitative estimate of drug-likeness (QED) is 0.645. The molecule has 1 aromatic carbocycles. The lowest BCUT2D eigenvalue weighted by Gasteiger charge is -2.37. The van der Waals surface area contributed by atoms with E-state index in [-0.39, 0.29) is 18.4 Å². The van der Waals surface area contributed by atoms with Crippen LogP contribution in [0.3, 0.4) is 0 Å². The van der Waals surface area contributed by atoms with Crippen molar-refractivity contribution in [2.24, 2.45) is 0 Å². The highest BCUT2D eigenvalue weighted by molar-refractivity contribution is 5.54. The topological polar surface area (TPSA) is 62.2 Å². The number of aliphatic hydroxyl groups excluding tert-OH is 2. The first-order valence-corrected chi connectivity index (χ1v) is 7.55. The second-order valence-corrected chi connectivity index (χ2v) is 5.89. The number of hydrogen-bond donors (Lipinski definition) is 2. The molecule has 0 aromatic heterocycles. The summed E-state index contributed by atoms with van der Waals surface area (Å²) in [7, 11) is 5.27. The van der Waals surface area contributed by atoms with E-state index >= 15 is 0 Å². The maximum atomic E-state index is 9.80. The molecule has 126 valence electrons. The Morgan fingerprint density at radius 3 is 2.52 bits per heavy atom. The van der Waals surface area contributed by atoms with Gasteiger partial charge in [-0.25, -0.2) is 0 Å². The van der Waals surface area contributed by atoms with E-state index < -0.39 is 0 Å². The highest BCUT2D eigenvalue weighted by Crippen LogP contribution is 2.39. The molecule has 2 rings (SSSR count). The summed E-state index contributed by atoms with van der Waals surface area (Å²) in [5, 5.41) is 19.2. The standard InChI is InChI=1S/C18H25NO4/c1-11(6-12(2)21)16-7-13-14(9-19(16)3)17(22-4)8-18(23-5)15(13)10-20/h6,8,16,20-21H,2,7,9-10H2,1,3-5H3/b11-6+/t16-/m0/s1. The number of nitrogens with zero attached hydrogens (tertiary/aromatic N) is 1. The first kappa shape index (κ1) is 17.4. The number of hydrogen-bond acceptors (Lipinski definition) is 5. The number of aliphatic hydroxyl groups is 2. The largest absolute Gasteiger partial charge is 0.509 e. The minimum Gasteiger partial charge on any atom is -0.509 e. The summed E-state index contributed by atoms with van der Waals surface area (Å²) in [5.41, 5.74) is 3.96.